The number of carbonyl (C=O) groups excluding carboxylic acids is 1. The van der Waals surface area contributed by atoms with Crippen molar-refractivity contribution < 1.29 is 9.53 Å². The largest absolute Gasteiger partial charge is 0.444 e. The average Bonchev–Trinajstić information content (AvgIpc) is 2.41. The Morgan fingerprint density at radius 2 is 2.09 bits per heavy atom. The van der Waals surface area contributed by atoms with Crippen molar-refractivity contribution in [1.29, 1.82) is 0 Å². The fourth-order valence-electron chi connectivity index (χ4n) is 2.41. The molecule has 0 aliphatic carbocycles. The van der Waals surface area contributed by atoms with Crippen LogP contribution >= 0.6 is 23.2 Å². The van der Waals surface area contributed by atoms with Crippen LogP contribution < -0.4 is 0 Å². The van der Waals surface area contributed by atoms with Gasteiger partial charge in [-0.1, -0.05) is 11.6 Å². The number of amides is 1. The molecule has 2 heterocycles. The molecule has 1 fully saturated rings. The molecule has 0 aromatic carbocycles. The Bertz CT molecular complexity index is 577. The molecule has 0 saturated carbocycles. The minimum atomic E-state index is -0.481. The zero-order chi connectivity index (χ0) is 17.2. The Labute approximate surface area is 146 Å². The predicted molar refractivity (Wildman–Crippen MR) is 89.7 cm³/mol. The standard InChI is InChI=1S/C15H22Cl2N4O2/c1-10-8-21(14(22)23-15(2,3)4)6-5-20(10)9-11-7-18-13(17)19-12(11)16/h7,10H,5-6,8-9H2,1-4H3. The van der Waals surface area contributed by atoms with E-state index in [4.69, 9.17) is 27.9 Å². The summed E-state index contributed by atoms with van der Waals surface area (Å²) in [5.41, 5.74) is 0.347. The van der Waals surface area contributed by atoms with Crippen molar-refractivity contribution in [2.24, 2.45) is 0 Å². The summed E-state index contributed by atoms with van der Waals surface area (Å²) in [4.78, 5) is 24.1. The van der Waals surface area contributed by atoms with Crippen LogP contribution in [0.5, 0.6) is 0 Å². The number of aromatic nitrogens is 2. The van der Waals surface area contributed by atoms with Crippen molar-refractivity contribution in [2.45, 2.75) is 45.9 Å². The molecule has 0 radical (unpaired) electrons. The van der Waals surface area contributed by atoms with Crippen LogP contribution in [0.1, 0.15) is 33.3 Å². The first-order chi connectivity index (χ1) is 10.7. The molecule has 1 aliphatic rings. The van der Waals surface area contributed by atoms with Crippen LogP contribution in [0.3, 0.4) is 0 Å². The topological polar surface area (TPSA) is 58.6 Å². The Balaban J connectivity index is 1.95. The first-order valence-corrected chi connectivity index (χ1v) is 8.30. The highest BCUT2D eigenvalue weighted by Crippen LogP contribution is 2.20. The van der Waals surface area contributed by atoms with Gasteiger partial charge in [0.05, 0.1) is 0 Å². The van der Waals surface area contributed by atoms with Gasteiger partial charge in [-0.25, -0.2) is 14.8 Å². The summed E-state index contributed by atoms with van der Waals surface area (Å²) in [5.74, 6) is 0. The Morgan fingerprint density at radius 3 is 2.65 bits per heavy atom. The highest BCUT2D eigenvalue weighted by Gasteiger charge is 2.30. The van der Waals surface area contributed by atoms with E-state index >= 15 is 0 Å². The number of piperazine rings is 1. The van der Waals surface area contributed by atoms with Gasteiger partial charge in [0.25, 0.3) is 0 Å². The summed E-state index contributed by atoms with van der Waals surface area (Å²) in [6, 6.07) is 0.183. The molecule has 0 spiro atoms. The molecule has 1 aromatic heterocycles. The molecule has 2 rings (SSSR count). The highest BCUT2D eigenvalue weighted by molar-refractivity contribution is 6.32. The zero-order valence-electron chi connectivity index (χ0n) is 13.8. The van der Waals surface area contributed by atoms with Crippen LogP contribution in [0.4, 0.5) is 4.79 Å². The van der Waals surface area contributed by atoms with Crippen LogP contribution in [-0.4, -0.2) is 57.1 Å². The van der Waals surface area contributed by atoms with E-state index in [2.05, 4.69) is 21.8 Å². The first kappa shape index (κ1) is 18.2. The van der Waals surface area contributed by atoms with Gasteiger partial charge in [-0.2, -0.15) is 0 Å². The second-order valence-corrected chi connectivity index (χ2v) is 7.40. The second kappa shape index (κ2) is 7.20. The van der Waals surface area contributed by atoms with Crippen molar-refractivity contribution in [3.05, 3.63) is 22.2 Å². The van der Waals surface area contributed by atoms with E-state index < -0.39 is 5.60 Å². The van der Waals surface area contributed by atoms with Crippen molar-refractivity contribution in [1.82, 2.24) is 19.8 Å². The van der Waals surface area contributed by atoms with Crippen LogP contribution in [0, 0.1) is 0 Å². The van der Waals surface area contributed by atoms with Crippen LogP contribution in [0.15, 0.2) is 6.20 Å². The van der Waals surface area contributed by atoms with Gasteiger partial charge in [0, 0.05) is 44.0 Å². The van der Waals surface area contributed by atoms with E-state index in [0.717, 1.165) is 12.1 Å². The summed E-state index contributed by atoms with van der Waals surface area (Å²) >= 11 is 11.8. The molecule has 23 heavy (non-hydrogen) atoms. The van der Waals surface area contributed by atoms with Gasteiger partial charge in [-0.3, -0.25) is 4.90 Å². The maximum absolute atomic E-state index is 12.1. The Morgan fingerprint density at radius 1 is 1.39 bits per heavy atom. The van der Waals surface area contributed by atoms with Gasteiger partial charge >= 0.3 is 6.09 Å². The molecule has 1 unspecified atom stereocenters. The lowest BCUT2D eigenvalue weighted by Crippen LogP contribution is -2.54. The minimum Gasteiger partial charge on any atom is -0.444 e. The van der Waals surface area contributed by atoms with Crippen molar-refractivity contribution >= 4 is 29.3 Å². The minimum absolute atomic E-state index is 0.140. The van der Waals surface area contributed by atoms with Gasteiger partial charge in [-0.15, -0.1) is 0 Å². The molecule has 0 bridgehead atoms. The summed E-state index contributed by atoms with van der Waals surface area (Å²) in [7, 11) is 0. The third-order valence-corrected chi connectivity index (χ3v) is 4.08. The number of halogens is 2. The Kier molecular flexibility index (Phi) is 5.70. The summed E-state index contributed by atoms with van der Waals surface area (Å²) < 4.78 is 5.42. The van der Waals surface area contributed by atoms with Gasteiger partial charge in [0.15, 0.2) is 0 Å². The van der Waals surface area contributed by atoms with Crippen LogP contribution in [0.25, 0.3) is 0 Å². The second-order valence-electron chi connectivity index (χ2n) is 6.70. The highest BCUT2D eigenvalue weighted by atomic mass is 35.5. The molecule has 0 N–H and O–H groups in total. The predicted octanol–water partition coefficient (Wildman–Crippen LogP) is 3.22. The van der Waals surface area contributed by atoms with Crippen LogP contribution in [-0.2, 0) is 11.3 Å². The summed E-state index contributed by atoms with van der Waals surface area (Å²) in [6.07, 6.45) is 1.38. The van der Waals surface area contributed by atoms with E-state index in [1.165, 1.54) is 0 Å². The lowest BCUT2D eigenvalue weighted by Gasteiger charge is -2.40. The molecule has 1 amide bonds. The number of carbonyl (C=O) groups is 1. The van der Waals surface area contributed by atoms with Gasteiger partial charge in [-0.05, 0) is 39.3 Å². The van der Waals surface area contributed by atoms with E-state index in [9.17, 15) is 4.79 Å². The number of hydrogen-bond donors (Lipinski definition) is 0. The third kappa shape index (κ3) is 5.19. The lowest BCUT2D eigenvalue weighted by atomic mass is 10.1. The average molecular weight is 361 g/mol. The number of hydrogen-bond acceptors (Lipinski definition) is 5. The molecule has 1 aromatic rings. The number of rotatable bonds is 2. The van der Waals surface area contributed by atoms with Gasteiger partial charge in [0.2, 0.25) is 5.28 Å². The molecular formula is C15H22Cl2N4O2. The molecular weight excluding hydrogens is 339 g/mol. The van der Waals surface area contributed by atoms with Crippen molar-refractivity contribution in [3.63, 3.8) is 0 Å². The smallest absolute Gasteiger partial charge is 0.410 e. The normalized spacial score (nSPS) is 19.7. The van der Waals surface area contributed by atoms with E-state index in [0.29, 0.717) is 24.8 Å². The van der Waals surface area contributed by atoms with Crippen molar-refractivity contribution in [2.75, 3.05) is 19.6 Å². The zero-order valence-corrected chi connectivity index (χ0v) is 15.4. The molecule has 8 heteroatoms. The quantitative estimate of drug-likeness (QED) is 0.598. The maximum atomic E-state index is 12.1. The van der Waals surface area contributed by atoms with Crippen molar-refractivity contribution in [3.8, 4) is 0 Å². The lowest BCUT2D eigenvalue weighted by molar-refractivity contribution is 0.00458. The summed E-state index contributed by atoms with van der Waals surface area (Å²) in [6.45, 7) is 10.3. The van der Waals surface area contributed by atoms with E-state index in [1.807, 2.05) is 20.8 Å². The van der Waals surface area contributed by atoms with Gasteiger partial charge < -0.3 is 9.64 Å². The van der Waals surface area contributed by atoms with Gasteiger partial charge in [0.1, 0.15) is 10.8 Å². The SMILES string of the molecule is CC1CN(C(=O)OC(C)(C)C)CCN1Cc1cnc(Cl)nc1Cl. The third-order valence-electron chi connectivity index (χ3n) is 3.57. The summed E-state index contributed by atoms with van der Waals surface area (Å²) in [5, 5.41) is 0.508. The molecule has 6 nitrogen and oxygen atoms in total. The fraction of sp³-hybridized carbons (Fsp3) is 0.667. The molecule has 1 atom stereocenters. The van der Waals surface area contributed by atoms with E-state index in [-0.39, 0.29) is 17.4 Å². The first-order valence-electron chi connectivity index (χ1n) is 7.54. The Hall–Kier alpha value is -1.11. The fourth-order valence-corrected chi connectivity index (χ4v) is 2.78. The number of ether oxygens (including phenoxy) is 1. The molecule has 128 valence electrons. The maximum Gasteiger partial charge on any atom is 0.410 e. The number of nitrogens with zero attached hydrogens (tertiary/aromatic N) is 4. The monoisotopic (exact) mass is 360 g/mol. The molecule has 1 aliphatic heterocycles. The van der Waals surface area contributed by atoms with Crippen LogP contribution in [0.2, 0.25) is 10.4 Å². The van der Waals surface area contributed by atoms with E-state index in [1.54, 1.807) is 11.1 Å². The molecule has 1 saturated heterocycles.